The van der Waals surface area contributed by atoms with Crippen LogP contribution in [0.5, 0.6) is 0 Å². The third-order valence-electron chi connectivity index (χ3n) is 8.07. The van der Waals surface area contributed by atoms with Gasteiger partial charge in [0, 0.05) is 38.8 Å². The molecule has 2 aliphatic carbocycles. The molecular weight excluding hydrogens is 456 g/mol. The van der Waals surface area contributed by atoms with Crippen molar-refractivity contribution in [2.75, 3.05) is 42.5 Å². The number of benzene rings is 2. The molecule has 2 aromatic carbocycles. The molecule has 1 saturated carbocycles. The summed E-state index contributed by atoms with van der Waals surface area (Å²) in [5.41, 5.74) is 1.93. The van der Waals surface area contributed by atoms with Crippen LogP contribution in [-0.2, 0) is 9.59 Å². The number of nitro benzene ring substituents is 1. The molecule has 3 fully saturated rings. The molecule has 0 N–H and O–H groups in total. The molecule has 0 radical (unpaired) electrons. The second kappa shape index (κ2) is 9.02. The standard InChI is InChI=1S/C28H28N4O4/c33-27-25-20-8-9-21(17-20)26(25)28(34)31(27)22-10-11-23(24(18-22)32(35)36)30-15-13-29(14-16-30)12-4-7-19-5-2-1-3-6-19/h1-11,18,20-21,25-26H,12-17H2. The molecule has 4 atom stereocenters. The molecule has 6 rings (SSSR count). The number of rotatable bonds is 6. The highest BCUT2D eigenvalue weighted by atomic mass is 16.6. The third-order valence-corrected chi connectivity index (χ3v) is 8.07. The molecule has 4 unspecified atom stereocenters. The van der Waals surface area contributed by atoms with Crippen molar-refractivity contribution >= 4 is 35.0 Å². The van der Waals surface area contributed by atoms with Crippen molar-refractivity contribution in [1.82, 2.24) is 4.90 Å². The largest absolute Gasteiger partial charge is 0.363 e. The normalized spacial score (nSPS) is 27.4. The van der Waals surface area contributed by atoms with E-state index in [-0.39, 0.29) is 41.2 Å². The SMILES string of the molecule is O=C1C2C3C=CC(C3)C2C(=O)N1c1ccc(N2CCN(CC=Cc3ccccc3)CC2)c([N+](=O)[O-])c1. The summed E-state index contributed by atoms with van der Waals surface area (Å²) in [4.78, 5) is 43.4. The summed E-state index contributed by atoms with van der Waals surface area (Å²) in [7, 11) is 0. The summed E-state index contributed by atoms with van der Waals surface area (Å²) in [6, 6.07) is 14.9. The highest BCUT2D eigenvalue weighted by molar-refractivity contribution is 6.23. The van der Waals surface area contributed by atoms with E-state index in [0.29, 0.717) is 24.5 Å². The van der Waals surface area contributed by atoms with Gasteiger partial charge < -0.3 is 4.90 Å². The molecule has 2 heterocycles. The minimum absolute atomic E-state index is 0.0660. The van der Waals surface area contributed by atoms with Crippen LogP contribution in [0.25, 0.3) is 6.08 Å². The second-order valence-electron chi connectivity index (χ2n) is 10.0. The number of allylic oxidation sites excluding steroid dienone is 2. The van der Waals surface area contributed by atoms with Crippen molar-refractivity contribution in [2.45, 2.75) is 6.42 Å². The lowest BCUT2D eigenvalue weighted by molar-refractivity contribution is -0.384. The maximum atomic E-state index is 13.1. The van der Waals surface area contributed by atoms with E-state index in [1.807, 2.05) is 35.3 Å². The molecule has 2 aliphatic heterocycles. The van der Waals surface area contributed by atoms with Crippen LogP contribution >= 0.6 is 0 Å². The number of amides is 2. The first-order valence-electron chi connectivity index (χ1n) is 12.5. The lowest BCUT2D eigenvalue weighted by Gasteiger charge is -2.35. The van der Waals surface area contributed by atoms with Crippen molar-refractivity contribution in [1.29, 1.82) is 0 Å². The fraction of sp³-hybridized carbons (Fsp3) is 0.357. The number of anilines is 2. The summed E-state index contributed by atoms with van der Waals surface area (Å²) >= 11 is 0. The van der Waals surface area contributed by atoms with Crippen LogP contribution in [-0.4, -0.2) is 54.4 Å². The highest BCUT2D eigenvalue weighted by Crippen LogP contribution is 2.53. The van der Waals surface area contributed by atoms with E-state index in [1.54, 1.807) is 12.1 Å². The van der Waals surface area contributed by atoms with Crippen molar-refractivity contribution < 1.29 is 14.5 Å². The van der Waals surface area contributed by atoms with Crippen molar-refractivity contribution in [3.63, 3.8) is 0 Å². The Hall–Kier alpha value is -3.78. The van der Waals surface area contributed by atoms with E-state index in [0.717, 1.165) is 31.6 Å². The molecule has 36 heavy (non-hydrogen) atoms. The Balaban J connectivity index is 1.15. The summed E-state index contributed by atoms with van der Waals surface area (Å²) in [5.74, 6) is -0.878. The molecule has 8 heteroatoms. The van der Waals surface area contributed by atoms with Gasteiger partial charge in [-0.2, -0.15) is 0 Å². The number of carbonyl (C=O) groups is 2. The first kappa shape index (κ1) is 22.7. The zero-order valence-corrected chi connectivity index (χ0v) is 19.9. The number of carbonyl (C=O) groups excluding carboxylic acids is 2. The van der Waals surface area contributed by atoms with Crippen LogP contribution in [0.2, 0.25) is 0 Å². The van der Waals surface area contributed by atoms with Crippen LogP contribution in [0.1, 0.15) is 12.0 Å². The highest BCUT2D eigenvalue weighted by Gasteiger charge is 2.59. The van der Waals surface area contributed by atoms with E-state index in [9.17, 15) is 19.7 Å². The molecule has 0 spiro atoms. The molecule has 184 valence electrons. The van der Waals surface area contributed by atoms with E-state index in [4.69, 9.17) is 0 Å². The van der Waals surface area contributed by atoms with Crippen molar-refractivity contribution in [2.24, 2.45) is 23.7 Å². The topological polar surface area (TPSA) is 87.0 Å². The Morgan fingerprint density at radius 3 is 2.22 bits per heavy atom. The van der Waals surface area contributed by atoms with Gasteiger partial charge in [0.2, 0.25) is 11.8 Å². The number of fused-ring (bicyclic) bond motifs is 5. The number of nitrogens with zero attached hydrogens (tertiary/aromatic N) is 4. The zero-order chi connectivity index (χ0) is 24.8. The maximum Gasteiger partial charge on any atom is 0.294 e. The molecular formula is C28H28N4O4. The fourth-order valence-electron chi connectivity index (χ4n) is 6.29. The van der Waals surface area contributed by atoms with E-state index >= 15 is 0 Å². The molecule has 2 saturated heterocycles. The predicted octanol–water partition coefficient (Wildman–Crippen LogP) is 3.74. The fourth-order valence-corrected chi connectivity index (χ4v) is 6.29. The molecule has 0 aromatic heterocycles. The third kappa shape index (κ3) is 3.82. The molecule has 2 bridgehead atoms. The Kier molecular flexibility index (Phi) is 5.68. The van der Waals surface area contributed by atoms with E-state index < -0.39 is 4.92 Å². The number of hydrogen-bond donors (Lipinski definition) is 0. The molecule has 4 aliphatic rings. The Morgan fingerprint density at radius 1 is 0.917 bits per heavy atom. The van der Waals surface area contributed by atoms with Gasteiger partial charge in [-0.05, 0) is 36.0 Å². The summed E-state index contributed by atoms with van der Waals surface area (Å²) in [5, 5.41) is 12.0. The molecule has 2 amide bonds. The molecule has 2 aromatic rings. The zero-order valence-electron chi connectivity index (χ0n) is 19.9. The number of imide groups is 1. The summed E-state index contributed by atoms with van der Waals surface area (Å²) < 4.78 is 0. The minimum Gasteiger partial charge on any atom is -0.363 e. The number of hydrogen-bond acceptors (Lipinski definition) is 6. The lowest BCUT2D eigenvalue weighted by atomic mass is 9.85. The monoisotopic (exact) mass is 484 g/mol. The smallest absolute Gasteiger partial charge is 0.294 e. The van der Waals surface area contributed by atoms with Crippen molar-refractivity contribution in [3.8, 4) is 0 Å². The van der Waals surface area contributed by atoms with Crippen molar-refractivity contribution in [3.05, 3.63) is 82.4 Å². The Bertz CT molecular complexity index is 1240. The molecule has 8 nitrogen and oxygen atoms in total. The van der Waals surface area contributed by atoms with Crippen LogP contribution < -0.4 is 9.80 Å². The van der Waals surface area contributed by atoms with Gasteiger partial charge in [-0.25, -0.2) is 4.90 Å². The summed E-state index contributed by atoms with van der Waals surface area (Å²) in [6.45, 7) is 3.74. The van der Waals surface area contributed by atoms with Crippen LogP contribution in [0.3, 0.4) is 0 Å². The second-order valence-corrected chi connectivity index (χ2v) is 10.0. The van der Waals surface area contributed by atoms with Crippen LogP contribution in [0.15, 0.2) is 66.8 Å². The average molecular weight is 485 g/mol. The van der Waals surface area contributed by atoms with Crippen LogP contribution in [0.4, 0.5) is 17.1 Å². The van der Waals surface area contributed by atoms with E-state index in [1.165, 1.54) is 11.0 Å². The minimum atomic E-state index is -0.412. The first-order valence-corrected chi connectivity index (χ1v) is 12.5. The van der Waals surface area contributed by atoms with Gasteiger partial charge >= 0.3 is 0 Å². The first-order chi connectivity index (χ1) is 17.5. The van der Waals surface area contributed by atoms with E-state index in [2.05, 4.69) is 29.2 Å². The predicted molar refractivity (Wildman–Crippen MR) is 137 cm³/mol. The quantitative estimate of drug-likeness (QED) is 0.269. The van der Waals surface area contributed by atoms with Gasteiger partial charge in [0.15, 0.2) is 0 Å². The Labute approximate surface area is 209 Å². The maximum absolute atomic E-state index is 13.1. The average Bonchev–Trinajstić information content (AvgIpc) is 3.58. The van der Waals surface area contributed by atoms with Gasteiger partial charge in [-0.15, -0.1) is 0 Å². The number of piperazine rings is 1. The van der Waals surface area contributed by atoms with Crippen LogP contribution in [0, 0.1) is 33.8 Å². The van der Waals surface area contributed by atoms with Gasteiger partial charge in [-0.3, -0.25) is 24.6 Å². The number of nitro groups is 1. The Morgan fingerprint density at radius 2 is 1.58 bits per heavy atom. The lowest BCUT2D eigenvalue weighted by Crippen LogP contribution is -2.46. The van der Waals surface area contributed by atoms with Gasteiger partial charge in [0.25, 0.3) is 5.69 Å². The van der Waals surface area contributed by atoms with Gasteiger partial charge in [0.1, 0.15) is 5.69 Å². The summed E-state index contributed by atoms with van der Waals surface area (Å²) in [6.07, 6.45) is 9.19. The van der Waals surface area contributed by atoms with Gasteiger partial charge in [-0.1, -0.05) is 54.6 Å². The van der Waals surface area contributed by atoms with Gasteiger partial charge in [0.05, 0.1) is 22.4 Å².